The minimum absolute atomic E-state index is 0.639. The molecule has 0 amide bonds. The number of nitrogens with zero attached hydrogens (tertiary/aromatic N) is 1. The second kappa shape index (κ2) is 12.5. The summed E-state index contributed by atoms with van der Waals surface area (Å²) in [6.07, 6.45) is 14.3. The molecular weight excluding hydrogens is 256 g/mol. The first-order chi connectivity index (χ1) is 10.2. The van der Waals surface area contributed by atoms with Crippen molar-refractivity contribution < 1.29 is 0 Å². The molecule has 1 rings (SSSR count). The van der Waals surface area contributed by atoms with Gasteiger partial charge in [-0.15, -0.1) is 0 Å². The van der Waals surface area contributed by atoms with Gasteiger partial charge in [0, 0.05) is 6.04 Å². The normalized spacial score (nSPS) is 17.7. The van der Waals surface area contributed by atoms with Crippen LogP contribution < -0.4 is 5.32 Å². The number of likely N-dealkylation sites (tertiary alicyclic amines) is 1. The maximum absolute atomic E-state index is 3.59. The van der Waals surface area contributed by atoms with E-state index >= 15 is 0 Å². The third-order valence-corrected chi connectivity index (χ3v) is 4.85. The molecule has 1 N–H and O–H groups in total. The Morgan fingerprint density at radius 3 is 2.05 bits per heavy atom. The van der Waals surface area contributed by atoms with Crippen LogP contribution in [0.4, 0.5) is 0 Å². The molecular formula is C19H40N2. The SMILES string of the molecule is CCCCCCCCCCN1CCC(CNC(C)C)CC1. The number of hydrogen-bond acceptors (Lipinski definition) is 2. The van der Waals surface area contributed by atoms with E-state index in [1.165, 1.54) is 90.4 Å². The van der Waals surface area contributed by atoms with Gasteiger partial charge in [0.25, 0.3) is 0 Å². The Labute approximate surface area is 134 Å². The molecule has 126 valence electrons. The van der Waals surface area contributed by atoms with Gasteiger partial charge in [-0.05, 0) is 51.4 Å². The summed E-state index contributed by atoms with van der Waals surface area (Å²) in [4.78, 5) is 2.70. The summed E-state index contributed by atoms with van der Waals surface area (Å²) in [7, 11) is 0. The second-order valence-corrected chi connectivity index (χ2v) is 7.32. The highest BCUT2D eigenvalue weighted by Gasteiger charge is 2.18. The van der Waals surface area contributed by atoms with E-state index in [0.717, 1.165) is 5.92 Å². The quantitative estimate of drug-likeness (QED) is 0.519. The van der Waals surface area contributed by atoms with Crippen molar-refractivity contribution in [1.82, 2.24) is 10.2 Å². The lowest BCUT2D eigenvalue weighted by Crippen LogP contribution is -2.39. The minimum atomic E-state index is 0.639. The van der Waals surface area contributed by atoms with Crippen molar-refractivity contribution in [3.63, 3.8) is 0 Å². The first-order valence-corrected chi connectivity index (χ1v) is 9.68. The number of rotatable bonds is 12. The van der Waals surface area contributed by atoms with E-state index in [9.17, 15) is 0 Å². The van der Waals surface area contributed by atoms with Crippen molar-refractivity contribution in [2.75, 3.05) is 26.2 Å². The maximum Gasteiger partial charge on any atom is 0.00104 e. The van der Waals surface area contributed by atoms with Gasteiger partial charge >= 0.3 is 0 Å². The number of hydrogen-bond donors (Lipinski definition) is 1. The Hall–Kier alpha value is -0.0800. The van der Waals surface area contributed by atoms with E-state index < -0.39 is 0 Å². The molecule has 0 aliphatic carbocycles. The smallest absolute Gasteiger partial charge is 0.00104 e. The predicted molar refractivity (Wildman–Crippen MR) is 94.9 cm³/mol. The van der Waals surface area contributed by atoms with Crippen molar-refractivity contribution in [3.8, 4) is 0 Å². The Balaban J connectivity index is 1.89. The van der Waals surface area contributed by atoms with Gasteiger partial charge in [-0.2, -0.15) is 0 Å². The molecule has 0 aromatic carbocycles. The molecule has 2 heteroatoms. The van der Waals surface area contributed by atoms with Crippen LogP contribution >= 0.6 is 0 Å². The molecule has 0 bridgehead atoms. The summed E-state index contributed by atoms with van der Waals surface area (Å²) in [5.74, 6) is 0.919. The molecule has 0 aromatic heterocycles. The molecule has 1 heterocycles. The van der Waals surface area contributed by atoms with Crippen molar-refractivity contribution in [2.45, 2.75) is 91.0 Å². The van der Waals surface area contributed by atoms with Crippen molar-refractivity contribution >= 4 is 0 Å². The van der Waals surface area contributed by atoms with Crippen LogP contribution in [0.5, 0.6) is 0 Å². The van der Waals surface area contributed by atoms with E-state index in [-0.39, 0.29) is 0 Å². The van der Waals surface area contributed by atoms with Crippen molar-refractivity contribution in [3.05, 3.63) is 0 Å². The van der Waals surface area contributed by atoms with E-state index in [1.54, 1.807) is 0 Å². The lowest BCUT2D eigenvalue weighted by Gasteiger charge is -2.32. The van der Waals surface area contributed by atoms with Gasteiger partial charge in [0.1, 0.15) is 0 Å². The van der Waals surface area contributed by atoms with E-state index in [2.05, 4.69) is 31.0 Å². The zero-order valence-corrected chi connectivity index (χ0v) is 15.0. The summed E-state index contributed by atoms with van der Waals surface area (Å²) in [6.45, 7) is 12.0. The minimum Gasteiger partial charge on any atom is -0.314 e. The van der Waals surface area contributed by atoms with E-state index in [0.29, 0.717) is 6.04 Å². The zero-order chi connectivity index (χ0) is 15.3. The molecule has 1 saturated heterocycles. The van der Waals surface area contributed by atoms with Crippen LogP contribution in [0.3, 0.4) is 0 Å². The average Bonchev–Trinajstić information content (AvgIpc) is 2.49. The lowest BCUT2D eigenvalue weighted by molar-refractivity contribution is 0.178. The average molecular weight is 297 g/mol. The molecule has 0 aromatic rings. The molecule has 2 nitrogen and oxygen atoms in total. The molecule has 1 aliphatic heterocycles. The first kappa shape index (κ1) is 19.0. The highest BCUT2D eigenvalue weighted by Crippen LogP contribution is 2.17. The van der Waals surface area contributed by atoms with E-state index in [1.807, 2.05) is 0 Å². The fourth-order valence-corrected chi connectivity index (χ4v) is 3.29. The Kier molecular flexibility index (Phi) is 11.3. The van der Waals surface area contributed by atoms with Gasteiger partial charge in [-0.3, -0.25) is 0 Å². The van der Waals surface area contributed by atoms with Crippen molar-refractivity contribution in [1.29, 1.82) is 0 Å². The lowest BCUT2D eigenvalue weighted by atomic mass is 9.96. The first-order valence-electron chi connectivity index (χ1n) is 9.68. The van der Waals surface area contributed by atoms with Gasteiger partial charge in [0.05, 0.1) is 0 Å². The number of unbranched alkanes of at least 4 members (excludes halogenated alkanes) is 7. The van der Waals surface area contributed by atoms with Crippen molar-refractivity contribution in [2.24, 2.45) is 5.92 Å². The fraction of sp³-hybridized carbons (Fsp3) is 1.00. The van der Waals surface area contributed by atoms with Crippen LogP contribution in [0.1, 0.15) is 85.0 Å². The molecule has 0 radical (unpaired) electrons. The highest BCUT2D eigenvalue weighted by molar-refractivity contribution is 4.74. The summed E-state index contributed by atoms with van der Waals surface area (Å²) in [5, 5.41) is 3.59. The maximum atomic E-state index is 3.59. The second-order valence-electron chi connectivity index (χ2n) is 7.32. The molecule has 0 spiro atoms. The van der Waals surface area contributed by atoms with Gasteiger partial charge in [-0.25, -0.2) is 0 Å². The van der Waals surface area contributed by atoms with Gasteiger partial charge in [0.2, 0.25) is 0 Å². The Morgan fingerprint density at radius 2 is 1.48 bits per heavy atom. The van der Waals surface area contributed by atoms with Crippen LogP contribution in [0.15, 0.2) is 0 Å². The largest absolute Gasteiger partial charge is 0.314 e. The van der Waals surface area contributed by atoms with Crippen LogP contribution in [0.25, 0.3) is 0 Å². The third kappa shape index (κ3) is 10.3. The molecule has 0 atom stereocenters. The van der Waals surface area contributed by atoms with Crippen LogP contribution in [-0.2, 0) is 0 Å². The molecule has 1 fully saturated rings. The summed E-state index contributed by atoms with van der Waals surface area (Å²) in [6, 6.07) is 0.639. The van der Waals surface area contributed by atoms with E-state index in [4.69, 9.17) is 0 Å². The highest BCUT2D eigenvalue weighted by atomic mass is 15.1. The summed E-state index contributed by atoms with van der Waals surface area (Å²) in [5.41, 5.74) is 0. The third-order valence-electron chi connectivity index (χ3n) is 4.85. The summed E-state index contributed by atoms with van der Waals surface area (Å²) < 4.78 is 0. The standard InChI is InChI=1S/C19H40N2/c1-4-5-6-7-8-9-10-11-14-21-15-12-19(13-16-21)17-20-18(2)3/h18-20H,4-17H2,1-3H3. The predicted octanol–water partition coefficient (Wildman–Crippen LogP) is 4.84. The van der Waals surface area contributed by atoms with Gasteiger partial charge in [-0.1, -0.05) is 65.7 Å². The topological polar surface area (TPSA) is 15.3 Å². The Morgan fingerprint density at radius 1 is 0.905 bits per heavy atom. The van der Waals surface area contributed by atoms with Crippen LogP contribution in [-0.4, -0.2) is 37.1 Å². The van der Waals surface area contributed by atoms with Crippen LogP contribution in [0.2, 0.25) is 0 Å². The van der Waals surface area contributed by atoms with Crippen LogP contribution in [0, 0.1) is 5.92 Å². The molecule has 0 saturated carbocycles. The summed E-state index contributed by atoms with van der Waals surface area (Å²) >= 11 is 0. The number of nitrogens with one attached hydrogen (secondary N) is 1. The molecule has 1 aliphatic rings. The molecule has 21 heavy (non-hydrogen) atoms. The number of piperidine rings is 1. The molecule has 0 unspecified atom stereocenters. The van der Waals surface area contributed by atoms with Gasteiger partial charge in [0.15, 0.2) is 0 Å². The fourth-order valence-electron chi connectivity index (χ4n) is 3.29. The zero-order valence-electron chi connectivity index (χ0n) is 15.0. The van der Waals surface area contributed by atoms with Gasteiger partial charge < -0.3 is 10.2 Å². The Bertz CT molecular complexity index is 220. The monoisotopic (exact) mass is 296 g/mol.